The summed E-state index contributed by atoms with van der Waals surface area (Å²) in [5, 5.41) is 0. The zero-order chi connectivity index (χ0) is 11.5. The Morgan fingerprint density at radius 1 is 1.27 bits per heavy atom. The van der Waals surface area contributed by atoms with Gasteiger partial charge in [-0.05, 0) is 31.5 Å². The van der Waals surface area contributed by atoms with Crippen LogP contribution in [0, 0.1) is 5.82 Å². The first-order chi connectivity index (χ1) is 6.89. The molecule has 0 atom stereocenters. The molecular formula is C10H14FNO2S. The smallest absolute Gasteiger partial charge is 0.212 e. The van der Waals surface area contributed by atoms with Crippen molar-refractivity contribution in [3.63, 3.8) is 0 Å². The fourth-order valence-electron chi connectivity index (χ4n) is 1.20. The van der Waals surface area contributed by atoms with Crippen molar-refractivity contribution in [2.75, 3.05) is 0 Å². The molecule has 1 aromatic rings. The Labute approximate surface area is 89.4 Å². The van der Waals surface area contributed by atoms with Crippen molar-refractivity contribution in [1.82, 2.24) is 4.72 Å². The molecule has 0 unspecified atom stereocenters. The normalized spacial score (nSPS) is 12.0. The summed E-state index contributed by atoms with van der Waals surface area (Å²) in [7, 11) is -3.32. The van der Waals surface area contributed by atoms with E-state index in [0.29, 0.717) is 5.56 Å². The van der Waals surface area contributed by atoms with E-state index in [4.69, 9.17) is 0 Å². The lowest BCUT2D eigenvalue weighted by molar-refractivity contribution is 0.568. The molecule has 0 heterocycles. The molecule has 0 fully saturated rings. The van der Waals surface area contributed by atoms with E-state index in [1.165, 1.54) is 24.3 Å². The van der Waals surface area contributed by atoms with Crippen LogP contribution in [-0.4, -0.2) is 14.5 Å². The molecule has 1 aromatic carbocycles. The summed E-state index contributed by atoms with van der Waals surface area (Å²) in [4.78, 5) is 0. The van der Waals surface area contributed by atoms with Gasteiger partial charge in [-0.1, -0.05) is 12.1 Å². The molecule has 3 nitrogen and oxygen atoms in total. The Kier molecular flexibility index (Phi) is 3.82. The largest absolute Gasteiger partial charge is 0.216 e. The van der Waals surface area contributed by atoms with Gasteiger partial charge >= 0.3 is 0 Å². The molecule has 0 aliphatic rings. The molecule has 5 heteroatoms. The van der Waals surface area contributed by atoms with Crippen LogP contribution >= 0.6 is 0 Å². The highest BCUT2D eigenvalue weighted by atomic mass is 32.2. The third kappa shape index (κ3) is 4.40. The van der Waals surface area contributed by atoms with Gasteiger partial charge in [0.2, 0.25) is 10.0 Å². The van der Waals surface area contributed by atoms with Gasteiger partial charge in [-0.15, -0.1) is 0 Å². The predicted molar refractivity (Wildman–Crippen MR) is 57.3 cm³/mol. The van der Waals surface area contributed by atoms with Crippen LogP contribution in [-0.2, 0) is 15.8 Å². The number of hydrogen-bond acceptors (Lipinski definition) is 2. The summed E-state index contributed by atoms with van der Waals surface area (Å²) in [6, 6.07) is 5.31. The molecule has 1 N–H and O–H groups in total. The topological polar surface area (TPSA) is 46.2 Å². The minimum atomic E-state index is -3.32. The monoisotopic (exact) mass is 231 g/mol. The molecule has 0 bridgehead atoms. The van der Waals surface area contributed by atoms with Crippen molar-refractivity contribution >= 4 is 10.0 Å². The maximum absolute atomic E-state index is 12.6. The van der Waals surface area contributed by atoms with Gasteiger partial charge in [0.15, 0.2) is 0 Å². The van der Waals surface area contributed by atoms with Gasteiger partial charge in [-0.25, -0.2) is 17.5 Å². The Hall–Kier alpha value is -0.940. The van der Waals surface area contributed by atoms with E-state index in [0.717, 1.165) is 0 Å². The predicted octanol–water partition coefficient (Wildman–Crippen LogP) is 1.65. The molecule has 0 aromatic heterocycles. The quantitative estimate of drug-likeness (QED) is 0.856. The van der Waals surface area contributed by atoms with E-state index in [1.54, 1.807) is 13.8 Å². The molecule has 0 saturated carbocycles. The fourth-order valence-corrected chi connectivity index (χ4v) is 2.63. The number of benzene rings is 1. The van der Waals surface area contributed by atoms with E-state index < -0.39 is 10.0 Å². The van der Waals surface area contributed by atoms with Crippen molar-refractivity contribution in [2.45, 2.75) is 25.6 Å². The number of rotatable bonds is 4. The van der Waals surface area contributed by atoms with E-state index in [9.17, 15) is 12.8 Å². The summed E-state index contributed by atoms with van der Waals surface area (Å²) >= 11 is 0. The molecule has 0 spiro atoms. The summed E-state index contributed by atoms with van der Waals surface area (Å²) in [6.45, 7) is 3.50. The van der Waals surface area contributed by atoms with Crippen LogP contribution in [0.1, 0.15) is 19.4 Å². The van der Waals surface area contributed by atoms with Gasteiger partial charge < -0.3 is 0 Å². The average molecular weight is 231 g/mol. The zero-order valence-electron chi connectivity index (χ0n) is 8.70. The van der Waals surface area contributed by atoms with Crippen LogP contribution in [0.2, 0.25) is 0 Å². The Balaban J connectivity index is 2.73. The first-order valence-corrected chi connectivity index (χ1v) is 6.29. The summed E-state index contributed by atoms with van der Waals surface area (Å²) in [6.07, 6.45) is 0. The SMILES string of the molecule is CC(C)NS(=O)(=O)Cc1ccc(F)cc1. The van der Waals surface area contributed by atoms with Gasteiger partial charge in [0.1, 0.15) is 5.82 Å². The van der Waals surface area contributed by atoms with Gasteiger partial charge in [0.25, 0.3) is 0 Å². The molecule has 0 radical (unpaired) electrons. The minimum Gasteiger partial charge on any atom is -0.212 e. The van der Waals surface area contributed by atoms with Crippen molar-refractivity contribution < 1.29 is 12.8 Å². The van der Waals surface area contributed by atoms with E-state index in [1.807, 2.05) is 0 Å². The molecule has 15 heavy (non-hydrogen) atoms. The average Bonchev–Trinajstić information content (AvgIpc) is 2.06. The number of hydrogen-bond donors (Lipinski definition) is 1. The lowest BCUT2D eigenvalue weighted by Gasteiger charge is -2.09. The van der Waals surface area contributed by atoms with Gasteiger partial charge in [0, 0.05) is 6.04 Å². The molecule has 0 saturated heterocycles. The third-order valence-electron chi connectivity index (χ3n) is 1.69. The standard InChI is InChI=1S/C10H14FNO2S/c1-8(2)12-15(13,14)7-9-3-5-10(11)6-4-9/h3-6,8,12H,7H2,1-2H3. The van der Waals surface area contributed by atoms with Crippen LogP contribution in [0.5, 0.6) is 0 Å². The summed E-state index contributed by atoms with van der Waals surface area (Å²) in [5.41, 5.74) is 0.574. The lowest BCUT2D eigenvalue weighted by Crippen LogP contribution is -2.31. The Morgan fingerprint density at radius 3 is 2.27 bits per heavy atom. The first-order valence-electron chi connectivity index (χ1n) is 4.63. The van der Waals surface area contributed by atoms with Crippen molar-refractivity contribution in [3.8, 4) is 0 Å². The number of sulfonamides is 1. The zero-order valence-corrected chi connectivity index (χ0v) is 9.51. The summed E-state index contributed by atoms with van der Waals surface area (Å²) < 4.78 is 38.0. The minimum absolute atomic E-state index is 0.120. The van der Waals surface area contributed by atoms with Crippen molar-refractivity contribution in [1.29, 1.82) is 0 Å². The maximum Gasteiger partial charge on any atom is 0.216 e. The van der Waals surface area contributed by atoms with Crippen LogP contribution in [0.3, 0.4) is 0 Å². The van der Waals surface area contributed by atoms with Crippen molar-refractivity contribution in [2.24, 2.45) is 0 Å². The molecule has 0 aliphatic carbocycles. The maximum atomic E-state index is 12.6. The molecular weight excluding hydrogens is 217 g/mol. The van der Waals surface area contributed by atoms with Crippen LogP contribution in [0.4, 0.5) is 4.39 Å². The van der Waals surface area contributed by atoms with E-state index >= 15 is 0 Å². The molecule has 1 rings (SSSR count). The van der Waals surface area contributed by atoms with Crippen molar-refractivity contribution in [3.05, 3.63) is 35.6 Å². The highest BCUT2D eigenvalue weighted by Crippen LogP contribution is 2.06. The van der Waals surface area contributed by atoms with Crippen LogP contribution < -0.4 is 4.72 Å². The van der Waals surface area contributed by atoms with Gasteiger partial charge in [-0.3, -0.25) is 0 Å². The Morgan fingerprint density at radius 2 is 1.80 bits per heavy atom. The highest BCUT2D eigenvalue weighted by molar-refractivity contribution is 7.88. The summed E-state index contributed by atoms with van der Waals surface area (Å²) in [5.74, 6) is -0.487. The molecule has 84 valence electrons. The number of halogens is 1. The molecule has 0 aliphatic heterocycles. The van der Waals surface area contributed by atoms with Gasteiger partial charge in [0.05, 0.1) is 5.75 Å². The third-order valence-corrected chi connectivity index (χ3v) is 3.23. The second kappa shape index (κ2) is 4.72. The second-order valence-electron chi connectivity index (χ2n) is 3.66. The number of nitrogens with one attached hydrogen (secondary N) is 1. The first kappa shape index (κ1) is 12.1. The van der Waals surface area contributed by atoms with Crippen LogP contribution in [0.25, 0.3) is 0 Å². The van der Waals surface area contributed by atoms with Gasteiger partial charge in [-0.2, -0.15) is 0 Å². The van der Waals surface area contributed by atoms with E-state index in [-0.39, 0.29) is 17.6 Å². The Bertz CT molecular complexity index is 412. The van der Waals surface area contributed by atoms with E-state index in [2.05, 4.69) is 4.72 Å². The lowest BCUT2D eigenvalue weighted by atomic mass is 10.2. The highest BCUT2D eigenvalue weighted by Gasteiger charge is 2.12. The second-order valence-corrected chi connectivity index (χ2v) is 5.41. The van der Waals surface area contributed by atoms with Crippen LogP contribution in [0.15, 0.2) is 24.3 Å². The molecule has 0 amide bonds. The fraction of sp³-hybridized carbons (Fsp3) is 0.400.